The number of Topliss-reactive ketones (excluding diaryl/α,β-unsaturated/α-hetero) is 1. The monoisotopic (exact) mass is 280 g/mol. The molecule has 2 aromatic heterocycles. The quantitative estimate of drug-likeness (QED) is 0.810. The van der Waals surface area contributed by atoms with E-state index in [2.05, 4.69) is 4.99 Å². The highest BCUT2D eigenvalue weighted by molar-refractivity contribution is 7.12. The van der Waals surface area contributed by atoms with E-state index in [-0.39, 0.29) is 18.2 Å². The fourth-order valence-corrected chi connectivity index (χ4v) is 3.04. The summed E-state index contributed by atoms with van der Waals surface area (Å²) in [4.78, 5) is 29.2. The van der Waals surface area contributed by atoms with Crippen molar-refractivity contribution in [3.63, 3.8) is 0 Å². The van der Waals surface area contributed by atoms with E-state index in [1.54, 1.807) is 10.6 Å². The van der Waals surface area contributed by atoms with E-state index in [9.17, 15) is 9.59 Å². The maximum atomic E-state index is 12.0. The van der Waals surface area contributed by atoms with Crippen molar-refractivity contribution >= 4 is 34.4 Å². The lowest BCUT2D eigenvalue weighted by Crippen LogP contribution is -2.20. The Hall–Kier alpha value is -1.53. The first-order valence-electron chi connectivity index (χ1n) is 5.35. The van der Waals surface area contributed by atoms with Gasteiger partial charge in [0, 0.05) is 18.0 Å². The molecule has 94 valence electrons. The van der Waals surface area contributed by atoms with Gasteiger partial charge in [-0.15, -0.1) is 22.7 Å². The van der Waals surface area contributed by atoms with Crippen LogP contribution in [0.5, 0.6) is 0 Å². The minimum absolute atomic E-state index is 0.0350. The molecule has 0 saturated carbocycles. The van der Waals surface area contributed by atoms with Crippen LogP contribution in [0, 0.1) is 6.92 Å². The molecule has 1 amide bonds. The Morgan fingerprint density at radius 1 is 1.44 bits per heavy atom. The Kier molecular flexibility index (Phi) is 3.88. The Morgan fingerprint density at radius 3 is 2.83 bits per heavy atom. The molecule has 2 aromatic rings. The zero-order valence-corrected chi connectivity index (χ0v) is 11.7. The average Bonchev–Trinajstić information content (AvgIpc) is 2.88. The van der Waals surface area contributed by atoms with Gasteiger partial charge in [-0.25, -0.2) is 0 Å². The second-order valence-electron chi connectivity index (χ2n) is 3.78. The van der Waals surface area contributed by atoms with Crippen molar-refractivity contribution in [3.05, 3.63) is 38.3 Å². The van der Waals surface area contributed by atoms with Gasteiger partial charge in [0.2, 0.25) is 5.91 Å². The van der Waals surface area contributed by atoms with E-state index in [0.717, 1.165) is 9.75 Å². The zero-order valence-electron chi connectivity index (χ0n) is 10.0. The van der Waals surface area contributed by atoms with Crippen LogP contribution in [0.3, 0.4) is 0 Å². The summed E-state index contributed by atoms with van der Waals surface area (Å²) in [6, 6.07) is 3.65. The third kappa shape index (κ3) is 3.02. The molecule has 0 N–H and O–H groups in total. The number of ketones is 1. The van der Waals surface area contributed by atoms with Crippen LogP contribution in [-0.4, -0.2) is 16.3 Å². The van der Waals surface area contributed by atoms with Gasteiger partial charge in [-0.05, 0) is 18.4 Å². The number of thiazole rings is 1. The van der Waals surface area contributed by atoms with Gasteiger partial charge in [-0.2, -0.15) is 4.99 Å². The van der Waals surface area contributed by atoms with Crippen molar-refractivity contribution in [1.29, 1.82) is 0 Å². The molecule has 4 nitrogen and oxygen atoms in total. The van der Waals surface area contributed by atoms with Gasteiger partial charge in [0.1, 0.15) is 0 Å². The average molecular weight is 280 g/mol. The standard InChI is InChI=1S/C12H12N2O2S2/c1-8-6-14(12(18-8)13-9(2)15)7-10(16)11-4-3-5-17-11/h3-6H,7H2,1-2H3. The molecule has 6 heteroatoms. The molecule has 0 aliphatic rings. The molecule has 2 heterocycles. The number of carbonyl (C=O) groups excluding carboxylic acids is 2. The van der Waals surface area contributed by atoms with Gasteiger partial charge >= 0.3 is 0 Å². The fraction of sp³-hybridized carbons (Fsp3) is 0.250. The van der Waals surface area contributed by atoms with Crippen molar-refractivity contribution < 1.29 is 9.59 Å². The molecule has 0 aliphatic heterocycles. The Labute approximate surface area is 112 Å². The topological polar surface area (TPSA) is 51.4 Å². The molecule has 0 aliphatic carbocycles. The number of nitrogens with zero attached hydrogens (tertiary/aromatic N) is 2. The Morgan fingerprint density at radius 2 is 2.22 bits per heavy atom. The first kappa shape index (κ1) is 12.9. The molecule has 0 atom stereocenters. The molecule has 0 unspecified atom stereocenters. The van der Waals surface area contributed by atoms with Gasteiger partial charge in [-0.1, -0.05) is 6.07 Å². The summed E-state index contributed by atoms with van der Waals surface area (Å²) in [5.74, 6) is -0.220. The maximum absolute atomic E-state index is 12.0. The number of thiophene rings is 1. The summed E-state index contributed by atoms with van der Waals surface area (Å²) in [6.07, 6.45) is 1.85. The van der Waals surface area contributed by atoms with Crippen LogP contribution in [0.25, 0.3) is 0 Å². The van der Waals surface area contributed by atoms with Gasteiger partial charge in [0.15, 0.2) is 10.6 Å². The van der Waals surface area contributed by atoms with Crippen molar-refractivity contribution in [3.8, 4) is 0 Å². The smallest absolute Gasteiger partial charge is 0.245 e. The van der Waals surface area contributed by atoms with E-state index in [1.807, 2.05) is 24.6 Å². The first-order chi connectivity index (χ1) is 8.56. The molecule has 0 fully saturated rings. The van der Waals surface area contributed by atoms with Crippen molar-refractivity contribution in [1.82, 2.24) is 4.57 Å². The summed E-state index contributed by atoms with van der Waals surface area (Å²) < 4.78 is 1.73. The number of aryl methyl sites for hydroxylation is 1. The number of aromatic nitrogens is 1. The number of hydrogen-bond donors (Lipinski definition) is 0. The predicted molar refractivity (Wildman–Crippen MR) is 71.9 cm³/mol. The van der Waals surface area contributed by atoms with Crippen molar-refractivity contribution in [2.24, 2.45) is 4.99 Å². The molecule has 0 bridgehead atoms. The predicted octanol–water partition coefficient (Wildman–Crippen LogP) is 2.25. The van der Waals surface area contributed by atoms with E-state index >= 15 is 0 Å². The largest absolute Gasteiger partial charge is 0.315 e. The van der Waals surface area contributed by atoms with Crippen LogP contribution in [-0.2, 0) is 11.3 Å². The molecular formula is C12H12N2O2S2. The summed E-state index contributed by atoms with van der Waals surface area (Å²) >= 11 is 2.83. The van der Waals surface area contributed by atoms with E-state index in [0.29, 0.717) is 4.80 Å². The van der Waals surface area contributed by atoms with E-state index < -0.39 is 0 Å². The Bertz CT molecular complexity index is 635. The molecule has 0 spiro atoms. The van der Waals surface area contributed by atoms with Crippen LogP contribution >= 0.6 is 22.7 Å². The first-order valence-corrected chi connectivity index (χ1v) is 7.05. The molecule has 0 aromatic carbocycles. The second kappa shape index (κ2) is 5.41. The lowest BCUT2D eigenvalue weighted by molar-refractivity contribution is -0.116. The van der Waals surface area contributed by atoms with Crippen molar-refractivity contribution in [2.45, 2.75) is 20.4 Å². The molecule has 0 saturated heterocycles. The molecular weight excluding hydrogens is 268 g/mol. The lowest BCUT2D eigenvalue weighted by atomic mass is 10.3. The van der Waals surface area contributed by atoms with Gasteiger partial charge < -0.3 is 4.57 Å². The summed E-state index contributed by atoms with van der Waals surface area (Å²) in [5.41, 5.74) is 0. The number of amides is 1. The highest BCUT2D eigenvalue weighted by Gasteiger charge is 2.09. The molecule has 18 heavy (non-hydrogen) atoms. The summed E-state index contributed by atoms with van der Waals surface area (Å²) in [6.45, 7) is 3.55. The van der Waals surface area contributed by atoms with Crippen LogP contribution < -0.4 is 4.80 Å². The SMILES string of the molecule is CC(=O)N=c1sc(C)cn1CC(=O)c1cccs1. The third-order valence-electron chi connectivity index (χ3n) is 2.20. The summed E-state index contributed by atoms with van der Waals surface area (Å²) in [5, 5.41) is 1.87. The highest BCUT2D eigenvalue weighted by Crippen LogP contribution is 2.11. The fourth-order valence-electron chi connectivity index (χ4n) is 1.51. The van der Waals surface area contributed by atoms with E-state index in [1.165, 1.54) is 29.6 Å². The minimum Gasteiger partial charge on any atom is -0.315 e. The summed E-state index contributed by atoms with van der Waals surface area (Å²) in [7, 11) is 0. The number of rotatable bonds is 3. The van der Waals surface area contributed by atoms with Gasteiger partial charge in [0.05, 0.1) is 11.4 Å². The number of carbonyl (C=O) groups is 2. The third-order valence-corrected chi connectivity index (χ3v) is 4.05. The molecule has 0 radical (unpaired) electrons. The normalized spacial score (nSPS) is 11.8. The van der Waals surface area contributed by atoms with Gasteiger partial charge in [-0.3, -0.25) is 9.59 Å². The Balaban J connectivity index is 2.30. The van der Waals surface area contributed by atoms with Crippen molar-refractivity contribution in [2.75, 3.05) is 0 Å². The highest BCUT2D eigenvalue weighted by atomic mass is 32.1. The van der Waals surface area contributed by atoms with Crippen LogP contribution in [0.2, 0.25) is 0 Å². The van der Waals surface area contributed by atoms with Gasteiger partial charge in [0.25, 0.3) is 0 Å². The molecule has 2 rings (SSSR count). The maximum Gasteiger partial charge on any atom is 0.245 e. The lowest BCUT2D eigenvalue weighted by Gasteiger charge is -1.99. The van der Waals surface area contributed by atoms with E-state index in [4.69, 9.17) is 0 Å². The minimum atomic E-state index is -0.255. The number of hydrogen-bond acceptors (Lipinski definition) is 4. The second-order valence-corrected chi connectivity index (χ2v) is 5.94. The zero-order chi connectivity index (χ0) is 13.1. The van der Waals surface area contributed by atoms with Crippen LogP contribution in [0.15, 0.2) is 28.7 Å². The van der Waals surface area contributed by atoms with Crippen LogP contribution in [0.4, 0.5) is 0 Å². The van der Waals surface area contributed by atoms with Crippen LogP contribution in [0.1, 0.15) is 21.5 Å².